The van der Waals surface area contributed by atoms with Crippen LogP contribution in [0.15, 0.2) is 72.8 Å². The van der Waals surface area contributed by atoms with Gasteiger partial charge in [-0.25, -0.2) is 4.79 Å². The van der Waals surface area contributed by atoms with Crippen LogP contribution in [0.2, 0.25) is 0 Å². The number of unbranched alkanes of at least 4 members (excludes halogenated alkanes) is 1. The molecule has 0 N–H and O–H groups in total. The molecule has 1 aromatic heterocycles. The number of carbonyl (C=O) groups is 1. The van der Waals surface area contributed by atoms with Gasteiger partial charge in [0.15, 0.2) is 0 Å². The molecule has 0 aliphatic carbocycles. The molecule has 176 valence electrons. The Balaban J connectivity index is 1.53. The number of ether oxygens (including phenoxy) is 2. The van der Waals surface area contributed by atoms with E-state index in [4.69, 9.17) is 9.47 Å². The van der Waals surface area contributed by atoms with Crippen LogP contribution in [0.3, 0.4) is 0 Å². The minimum absolute atomic E-state index is 0.211. The van der Waals surface area contributed by atoms with Crippen molar-refractivity contribution in [1.82, 2.24) is 9.90 Å². The molecule has 0 aliphatic rings. The standard InChI is InChI=1S/C27H29N3O4/c1-3-5-11-20(10-4-2)33-21-16-18-22(19-17-21)34-26-15-9-6-12-23(26)27(31)29-24-13-7-8-14-25(24)30(32)28-29/h6-9,12-20H,3-5,10-11H2,1-2H3. The molecule has 0 fully saturated rings. The molecule has 0 aliphatic heterocycles. The summed E-state index contributed by atoms with van der Waals surface area (Å²) in [5.41, 5.74) is 1.06. The molecule has 0 spiro atoms. The van der Waals surface area contributed by atoms with E-state index in [0.29, 0.717) is 32.9 Å². The van der Waals surface area contributed by atoms with Crippen molar-refractivity contribution in [2.75, 3.05) is 0 Å². The molecule has 1 heterocycles. The van der Waals surface area contributed by atoms with Crippen LogP contribution in [0, 0.1) is 5.21 Å². The van der Waals surface area contributed by atoms with Gasteiger partial charge in [-0.1, -0.05) is 62.1 Å². The number of nitrogens with zero attached hydrogens (tertiary/aromatic N) is 3. The summed E-state index contributed by atoms with van der Waals surface area (Å²) >= 11 is 0. The summed E-state index contributed by atoms with van der Waals surface area (Å²) in [6, 6.07) is 21.1. The van der Waals surface area contributed by atoms with Crippen molar-refractivity contribution in [1.29, 1.82) is 0 Å². The average molecular weight is 460 g/mol. The molecule has 3 aromatic carbocycles. The van der Waals surface area contributed by atoms with E-state index in [1.165, 1.54) is 0 Å². The summed E-state index contributed by atoms with van der Waals surface area (Å²) < 4.78 is 13.3. The number of hydrogen-bond donors (Lipinski definition) is 0. The molecule has 4 aromatic rings. The second-order valence-electron chi connectivity index (χ2n) is 8.21. The Kier molecular flexibility index (Phi) is 7.42. The van der Waals surface area contributed by atoms with Gasteiger partial charge in [-0.15, -0.1) is 4.85 Å². The zero-order valence-corrected chi connectivity index (χ0v) is 19.5. The van der Waals surface area contributed by atoms with Crippen molar-refractivity contribution in [2.45, 2.75) is 52.1 Å². The first-order valence-corrected chi connectivity index (χ1v) is 11.8. The fourth-order valence-corrected chi connectivity index (χ4v) is 3.90. The summed E-state index contributed by atoms with van der Waals surface area (Å²) in [7, 11) is 0. The van der Waals surface area contributed by atoms with Crippen LogP contribution < -0.4 is 14.3 Å². The average Bonchev–Trinajstić information content (AvgIpc) is 3.20. The third-order valence-corrected chi connectivity index (χ3v) is 5.64. The van der Waals surface area contributed by atoms with Gasteiger partial charge in [-0.3, -0.25) is 0 Å². The van der Waals surface area contributed by atoms with Crippen LogP contribution in [-0.4, -0.2) is 21.9 Å². The summed E-state index contributed by atoms with van der Waals surface area (Å²) in [6.45, 7) is 4.35. The molecular formula is C27H29N3O4. The van der Waals surface area contributed by atoms with E-state index >= 15 is 0 Å². The highest BCUT2D eigenvalue weighted by Gasteiger charge is 2.25. The Hall–Kier alpha value is -3.87. The van der Waals surface area contributed by atoms with Crippen molar-refractivity contribution in [3.63, 3.8) is 0 Å². The Labute approximate surface area is 199 Å². The number of benzene rings is 3. The number of aromatic nitrogens is 3. The Morgan fingerprint density at radius 2 is 1.65 bits per heavy atom. The molecule has 7 nitrogen and oxygen atoms in total. The van der Waals surface area contributed by atoms with Gasteiger partial charge in [0, 0.05) is 0 Å². The summed E-state index contributed by atoms with van der Waals surface area (Å²) in [5, 5.41) is 16.0. The smallest absolute Gasteiger partial charge is 0.370 e. The molecule has 1 unspecified atom stereocenters. The van der Waals surface area contributed by atoms with Gasteiger partial charge >= 0.3 is 5.91 Å². The molecule has 0 radical (unpaired) electrons. The van der Waals surface area contributed by atoms with E-state index < -0.39 is 5.91 Å². The van der Waals surface area contributed by atoms with Crippen molar-refractivity contribution in [3.8, 4) is 17.2 Å². The topological polar surface area (TPSA) is 80.3 Å². The van der Waals surface area contributed by atoms with E-state index in [1.807, 2.05) is 24.3 Å². The third kappa shape index (κ3) is 5.20. The van der Waals surface area contributed by atoms with Gasteiger partial charge in [-0.05, 0) is 61.4 Å². The van der Waals surface area contributed by atoms with Gasteiger partial charge in [-0.2, -0.15) is 0 Å². The highest BCUT2D eigenvalue weighted by atomic mass is 16.5. The van der Waals surface area contributed by atoms with E-state index in [0.717, 1.165) is 42.5 Å². The third-order valence-electron chi connectivity index (χ3n) is 5.64. The molecule has 1 atom stereocenters. The monoisotopic (exact) mass is 459 g/mol. The Bertz CT molecular complexity index is 1250. The van der Waals surface area contributed by atoms with Crippen LogP contribution in [-0.2, 0) is 0 Å². The van der Waals surface area contributed by atoms with E-state index in [1.54, 1.807) is 48.5 Å². The van der Waals surface area contributed by atoms with Gasteiger partial charge in [0.05, 0.1) is 6.10 Å². The molecule has 0 amide bonds. The van der Waals surface area contributed by atoms with Gasteiger partial charge in [0.1, 0.15) is 28.0 Å². The molecule has 0 bridgehead atoms. The zero-order valence-electron chi connectivity index (χ0n) is 19.5. The fraction of sp³-hybridized carbons (Fsp3) is 0.296. The summed E-state index contributed by atoms with van der Waals surface area (Å²) in [6.07, 6.45) is 5.66. The maximum Gasteiger partial charge on any atom is 0.370 e. The number of hydrogen-bond acceptors (Lipinski definition) is 5. The lowest BCUT2D eigenvalue weighted by Crippen LogP contribution is -2.31. The Morgan fingerprint density at radius 1 is 0.941 bits per heavy atom. The molecule has 0 saturated heterocycles. The molecule has 7 heteroatoms. The molecule has 0 saturated carbocycles. The number of para-hydroxylation sites is 3. The highest BCUT2D eigenvalue weighted by molar-refractivity contribution is 6.01. The SMILES string of the molecule is CCCCC(CCC)Oc1ccc(Oc2ccccc2C(=O)n2n[n+]([O-])c3ccccc32)cc1. The van der Waals surface area contributed by atoms with Crippen molar-refractivity contribution >= 4 is 16.9 Å². The quantitative estimate of drug-likeness (QED) is 0.218. The molecular weight excluding hydrogens is 430 g/mol. The second kappa shape index (κ2) is 10.8. The highest BCUT2D eigenvalue weighted by Crippen LogP contribution is 2.28. The largest absolute Gasteiger partial charge is 0.691 e. The number of rotatable bonds is 10. The molecule has 4 rings (SSSR count). The van der Waals surface area contributed by atoms with Crippen LogP contribution in [0.25, 0.3) is 11.0 Å². The van der Waals surface area contributed by atoms with Crippen molar-refractivity contribution in [2.24, 2.45) is 0 Å². The van der Waals surface area contributed by atoms with Crippen molar-refractivity contribution < 1.29 is 19.1 Å². The Morgan fingerprint density at radius 3 is 2.41 bits per heavy atom. The van der Waals surface area contributed by atoms with E-state index in [-0.39, 0.29) is 6.10 Å². The minimum atomic E-state index is -0.445. The predicted molar refractivity (Wildman–Crippen MR) is 130 cm³/mol. The van der Waals surface area contributed by atoms with Gasteiger partial charge < -0.3 is 14.7 Å². The molecule has 34 heavy (non-hydrogen) atoms. The maximum absolute atomic E-state index is 13.3. The fourth-order valence-electron chi connectivity index (χ4n) is 3.90. The normalized spacial score (nSPS) is 11.9. The predicted octanol–water partition coefficient (Wildman–Crippen LogP) is 5.89. The van der Waals surface area contributed by atoms with Gasteiger partial charge in [0.25, 0.3) is 0 Å². The minimum Gasteiger partial charge on any atom is -0.691 e. The van der Waals surface area contributed by atoms with Crippen LogP contribution in [0.5, 0.6) is 17.2 Å². The second-order valence-corrected chi connectivity index (χ2v) is 8.21. The number of carbonyl (C=O) groups excluding carboxylic acids is 1. The van der Waals surface area contributed by atoms with Crippen LogP contribution >= 0.6 is 0 Å². The van der Waals surface area contributed by atoms with Gasteiger partial charge in [0.2, 0.25) is 11.0 Å². The first kappa shape index (κ1) is 23.3. The lowest BCUT2D eigenvalue weighted by atomic mass is 10.1. The lowest BCUT2D eigenvalue weighted by Gasteiger charge is -2.18. The van der Waals surface area contributed by atoms with Crippen LogP contribution in [0.4, 0.5) is 0 Å². The first-order chi connectivity index (χ1) is 16.6. The first-order valence-electron chi connectivity index (χ1n) is 11.8. The zero-order chi connectivity index (χ0) is 23.9. The van der Waals surface area contributed by atoms with Crippen molar-refractivity contribution in [3.05, 3.63) is 83.6 Å². The van der Waals surface area contributed by atoms with E-state index in [9.17, 15) is 10.0 Å². The maximum atomic E-state index is 13.3. The lowest BCUT2D eigenvalue weighted by molar-refractivity contribution is -0.645. The van der Waals surface area contributed by atoms with E-state index in [2.05, 4.69) is 19.1 Å². The number of fused-ring (bicyclic) bond motifs is 1. The summed E-state index contributed by atoms with van der Waals surface area (Å²) in [4.78, 5) is 13.7. The van der Waals surface area contributed by atoms with Crippen LogP contribution in [0.1, 0.15) is 56.3 Å². The summed E-state index contributed by atoms with van der Waals surface area (Å²) in [5.74, 6) is 1.32.